The lowest BCUT2D eigenvalue weighted by Gasteiger charge is -2.22. The van der Waals surface area contributed by atoms with Crippen LogP contribution < -0.4 is 10.6 Å². The molecule has 1 saturated carbocycles. The van der Waals surface area contributed by atoms with Crippen LogP contribution in [0.5, 0.6) is 0 Å². The van der Waals surface area contributed by atoms with Gasteiger partial charge in [-0.25, -0.2) is 0 Å². The van der Waals surface area contributed by atoms with Gasteiger partial charge in [0.2, 0.25) is 17.7 Å². The molecule has 2 rings (SSSR count). The van der Waals surface area contributed by atoms with Gasteiger partial charge in [0, 0.05) is 13.3 Å². The molecule has 22 heavy (non-hydrogen) atoms. The first-order chi connectivity index (χ1) is 10.5. The summed E-state index contributed by atoms with van der Waals surface area (Å²) >= 11 is 0. The molecule has 7 nitrogen and oxygen atoms in total. The Bertz CT molecular complexity index is 509. The summed E-state index contributed by atoms with van der Waals surface area (Å²) in [7, 11) is 0. The summed E-state index contributed by atoms with van der Waals surface area (Å²) in [5, 5.41) is 9.13. The summed E-state index contributed by atoms with van der Waals surface area (Å²) in [6.45, 7) is 3.56. The van der Waals surface area contributed by atoms with Crippen molar-refractivity contribution in [2.75, 3.05) is 0 Å². The van der Waals surface area contributed by atoms with Crippen LogP contribution >= 0.6 is 0 Å². The Morgan fingerprint density at radius 2 is 2.05 bits per heavy atom. The van der Waals surface area contributed by atoms with Crippen molar-refractivity contribution >= 4 is 11.8 Å². The monoisotopic (exact) mass is 308 g/mol. The van der Waals surface area contributed by atoms with E-state index in [-0.39, 0.29) is 18.4 Å². The fourth-order valence-electron chi connectivity index (χ4n) is 2.75. The number of aromatic nitrogens is 2. The van der Waals surface area contributed by atoms with Gasteiger partial charge in [-0.1, -0.05) is 24.4 Å². The molecule has 0 spiro atoms. The number of nitrogens with zero attached hydrogens (tertiary/aromatic N) is 2. The van der Waals surface area contributed by atoms with Gasteiger partial charge >= 0.3 is 0 Å². The highest BCUT2D eigenvalue weighted by Crippen LogP contribution is 2.26. The Morgan fingerprint density at radius 3 is 2.68 bits per heavy atom. The van der Waals surface area contributed by atoms with E-state index in [9.17, 15) is 9.59 Å². The van der Waals surface area contributed by atoms with E-state index in [1.807, 2.05) is 0 Å². The van der Waals surface area contributed by atoms with Crippen molar-refractivity contribution in [2.24, 2.45) is 5.92 Å². The maximum atomic E-state index is 12.0. The summed E-state index contributed by atoms with van der Waals surface area (Å²) in [6, 6.07) is -0.566. The summed E-state index contributed by atoms with van der Waals surface area (Å²) in [5.41, 5.74) is 0. The molecule has 0 aliphatic heterocycles. The molecule has 2 N–H and O–H groups in total. The van der Waals surface area contributed by atoms with Gasteiger partial charge in [0.1, 0.15) is 6.04 Å². The van der Waals surface area contributed by atoms with Crippen molar-refractivity contribution in [3.63, 3.8) is 0 Å². The highest BCUT2D eigenvalue weighted by atomic mass is 16.5. The molecule has 1 aliphatic rings. The standard InChI is InChI=1S/C15H24N4O3/c1-10(15(21)16-9-13-18-11(2)22-19-13)17-14(20)8-12-6-4-3-5-7-12/h10,12H,3-9H2,1-2H3,(H,16,21)(H,17,20)/t10-/m1/s1. The van der Waals surface area contributed by atoms with Crippen molar-refractivity contribution in [1.82, 2.24) is 20.8 Å². The van der Waals surface area contributed by atoms with Crippen LogP contribution in [0.1, 0.15) is 57.2 Å². The molecular formula is C15H24N4O3. The zero-order valence-corrected chi connectivity index (χ0v) is 13.2. The van der Waals surface area contributed by atoms with E-state index in [4.69, 9.17) is 4.52 Å². The first kappa shape index (κ1) is 16.5. The van der Waals surface area contributed by atoms with Crippen LogP contribution in [0, 0.1) is 12.8 Å². The number of carbonyl (C=O) groups is 2. The quantitative estimate of drug-likeness (QED) is 0.829. The summed E-state index contributed by atoms with van der Waals surface area (Å²) in [5.74, 6) is 1.04. The smallest absolute Gasteiger partial charge is 0.242 e. The minimum atomic E-state index is -0.566. The molecule has 122 valence electrons. The van der Waals surface area contributed by atoms with Crippen LogP contribution in [-0.4, -0.2) is 28.0 Å². The van der Waals surface area contributed by atoms with Crippen LogP contribution in [-0.2, 0) is 16.1 Å². The molecule has 1 aromatic rings. The molecule has 0 bridgehead atoms. The SMILES string of the molecule is Cc1nc(CNC(=O)[C@@H](C)NC(=O)CC2CCCCC2)no1. The van der Waals surface area contributed by atoms with E-state index in [1.165, 1.54) is 19.3 Å². The van der Waals surface area contributed by atoms with Gasteiger partial charge in [-0.05, 0) is 25.7 Å². The highest BCUT2D eigenvalue weighted by Gasteiger charge is 2.20. The molecule has 1 aliphatic carbocycles. The second-order valence-electron chi connectivity index (χ2n) is 5.94. The highest BCUT2D eigenvalue weighted by molar-refractivity contribution is 5.87. The predicted molar refractivity (Wildman–Crippen MR) is 79.7 cm³/mol. The number of rotatable bonds is 6. The Morgan fingerprint density at radius 1 is 1.32 bits per heavy atom. The molecule has 0 unspecified atom stereocenters. The van der Waals surface area contributed by atoms with Gasteiger partial charge in [-0.2, -0.15) is 4.98 Å². The van der Waals surface area contributed by atoms with Crippen molar-refractivity contribution in [2.45, 2.75) is 65.0 Å². The van der Waals surface area contributed by atoms with Gasteiger partial charge in [0.25, 0.3) is 0 Å². The number of hydrogen-bond acceptors (Lipinski definition) is 5. The number of hydrogen-bond donors (Lipinski definition) is 2. The normalized spacial score (nSPS) is 17.0. The molecule has 1 atom stereocenters. The summed E-state index contributed by atoms with van der Waals surface area (Å²) < 4.78 is 4.82. The average Bonchev–Trinajstić information content (AvgIpc) is 2.91. The van der Waals surface area contributed by atoms with Crippen molar-refractivity contribution in [1.29, 1.82) is 0 Å². The lowest BCUT2D eigenvalue weighted by molar-refractivity contribution is -0.129. The zero-order chi connectivity index (χ0) is 15.9. The van der Waals surface area contributed by atoms with Crippen LogP contribution in [0.15, 0.2) is 4.52 Å². The third kappa shape index (κ3) is 5.13. The second kappa shape index (κ2) is 7.91. The Hall–Kier alpha value is -1.92. The first-order valence-electron chi connectivity index (χ1n) is 7.91. The van der Waals surface area contributed by atoms with Gasteiger partial charge in [-0.15, -0.1) is 0 Å². The molecule has 1 aromatic heterocycles. The van der Waals surface area contributed by atoms with Crippen LogP contribution in [0.3, 0.4) is 0 Å². The number of carbonyl (C=O) groups excluding carboxylic acids is 2. The van der Waals surface area contributed by atoms with Gasteiger partial charge in [0.15, 0.2) is 5.82 Å². The fourth-order valence-corrected chi connectivity index (χ4v) is 2.75. The van der Waals surface area contributed by atoms with E-state index in [0.29, 0.717) is 24.1 Å². The Kier molecular flexibility index (Phi) is 5.91. The van der Waals surface area contributed by atoms with Gasteiger partial charge in [0.05, 0.1) is 6.54 Å². The molecule has 0 aromatic carbocycles. The maximum absolute atomic E-state index is 12.0. The maximum Gasteiger partial charge on any atom is 0.242 e. The van der Waals surface area contributed by atoms with E-state index < -0.39 is 6.04 Å². The largest absolute Gasteiger partial charge is 0.347 e. The van der Waals surface area contributed by atoms with Crippen molar-refractivity contribution in [3.05, 3.63) is 11.7 Å². The minimum Gasteiger partial charge on any atom is -0.347 e. The van der Waals surface area contributed by atoms with Crippen molar-refractivity contribution in [3.8, 4) is 0 Å². The van der Waals surface area contributed by atoms with Crippen LogP contribution in [0.25, 0.3) is 0 Å². The Labute approximate surface area is 130 Å². The minimum absolute atomic E-state index is 0.0510. The molecule has 1 heterocycles. The molecule has 7 heteroatoms. The lowest BCUT2D eigenvalue weighted by atomic mass is 9.87. The summed E-state index contributed by atoms with van der Waals surface area (Å²) in [6.07, 6.45) is 6.43. The van der Waals surface area contributed by atoms with Crippen LogP contribution in [0.2, 0.25) is 0 Å². The zero-order valence-electron chi connectivity index (χ0n) is 13.2. The predicted octanol–water partition coefficient (Wildman–Crippen LogP) is 1.47. The molecular weight excluding hydrogens is 284 g/mol. The van der Waals surface area contributed by atoms with Gasteiger partial charge in [-0.3, -0.25) is 9.59 Å². The first-order valence-corrected chi connectivity index (χ1v) is 7.91. The molecule has 0 radical (unpaired) electrons. The van der Waals surface area contributed by atoms with Crippen molar-refractivity contribution < 1.29 is 14.1 Å². The fraction of sp³-hybridized carbons (Fsp3) is 0.733. The number of aryl methyl sites for hydroxylation is 1. The number of nitrogens with one attached hydrogen (secondary N) is 2. The number of amides is 2. The second-order valence-corrected chi connectivity index (χ2v) is 5.94. The average molecular weight is 308 g/mol. The molecule has 1 fully saturated rings. The van der Waals surface area contributed by atoms with Crippen LogP contribution in [0.4, 0.5) is 0 Å². The Balaban J connectivity index is 1.69. The third-order valence-electron chi connectivity index (χ3n) is 3.96. The topological polar surface area (TPSA) is 97.1 Å². The molecule has 2 amide bonds. The van der Waals surface area contributed by atoms with E-state index >= 15 is 0 Å². The lowest BCUT2D eigenvalue weighted by Crippen LogP contribution is -2.45. The third-order valence-corrected chi connectivity index (χ3v) is 3.96. The van der Waals surface area contributed by atoms with E-state index in [1.54, 1.807) is 13.8 Å². The molecule has 0 saturated heterocycles. The van der Waals surface area contributed by atoms with E-state index in [2.05, 4.69) is 20.8 Å². The van der Waals surface area contributed by atoms with E-state index in [0.717, 1.165) is 12.8 Å². The van der Waals surface area contributed by atoms with Gasteiger partial charge < -0.3 is 15.2 Å². The summed E-state index contributed by atoms with van der Waals surface area (Å²) in [4.78, 5) is 27.9.